The lowest BCUT2D eigenvalue weighted by Gasteiger charge is -2.10. The molecule has 0 aliphatic heterocycles. The maximum absolute atomic E-state index is 9.40. The van der Waals surface area contributed by atoms with Gasteiger partial charge in [0.2, 0.25) is 0 Å². The van der Waals surface area contributed by atoms with Gasteiger partial charge in [0.25, 0.3) is 0 Å². The Labute approximate surface area is 209 Å². The summed E-state index contributed by atoms with van der Waals surface area (Å²) in [5.74, 6) is 3.00. The standard InChI is InChI=1S/C26H24Cl2N2O4/c1-31-25-15-19(5-9-23(25)33-13-11-27)3-7-21(22(17-29)18-30)8-4-20-6-10-24(34-14-12-28)26(16-20)32-2/h3-10,15-16H,11-14H2,1-2H3. The summed E-state index contributed by atoms with van der Waals surface area (Å²) in [5, 5.41) is 18.8. The van der Waals surface area contributed by atoms with Crippen molar-refractivity contribution in [2.24, 2.45) is 0 Å². The van der Waals surface area contributed by atoms with E-state index in [-0.39, 0.29) is 5.57 Å². The van der Waals surface area contributed by atoms with E-state index in [1.165, 1.54) is 0 Å². The largest absolute Gasteiger partial charge is 0.493 e. The summed E-state index contributed by atoms with van der Waals surface area (Å²) in [6, 6.07) is 14.7. The summed E-state index contributed by atoms with van der Waals surface area (Å²) < 4.78 is 21.9. The van der Waals surface area contributed by atoms with E-state index in [1.54, 1.807) is 62.8 Å². The summed E-state index contributed by atoms with van der Waals surface area (Å²) in [6.45, 7) is 0.728. The first-order chi connectivity index (χ1) is 16.6. The molecular weight excluding hydrogens is 475 g/mol. The highest BCUT2D eigenvalue weighted by Crippen LogP contribution is 2.30. The van der Waals surface area contributed by atoms with Crippen molar-refractivity contribution in [3.8, 4) is 35.1 Å². The van der Waals surface area contributed by atoms with E-state index in [4.69, 9.17) is 42.1 Å². The molecule has 2 aromatic carbocycles. The normalized spacial score (nSPS) is 10.5. The van der Waals surface area contributed by atoms with E-state index in [0.717, 1.165) is 11.1 Å². The topological polar surface area (TPSA) is 84.5 Å². The third-order valence-corrected chi connectivity index (χ3v) is 4.78. The van der Waals surface area contributed by atoms with Crippen LogP contribution < -0.4 is 18.9 Å². The summed E-state index contributed by atoms with van der Waals surface area (Å²) in [6.07, 6.45) is 6.96. The van der Waals surface area contributed by atoms with Gasteiger partial charge in [-0.1, -0.05) is 36.4 Å². The van der Waals surface area contributed by atoms with Gasteiger partial charge in [-0.05, 0) is 35.4 Å². The van der Waals surface area contributed by atoms with Crippen LogP contribution in [0.15, 0.2) is 59.7 Å². The van der Waals surface area contributed by atoms with E-state index >= 15 is 0 Å². The maximum atomic E-state index is 9.40. The van der Waals surface area contributed by atoms with Crippen molar-refractivity contribution in [1.82, 2.24) is 0 Å². The van der Waals surface area contributed by atoms with Crippen LogP contribution in [0.4, 0.5) is 0 Å². The molecule has 0 heterocycles. The Morgan fingerprint density at radius 3 is 1.56 bits per heavy atom. The van der Waals surface area contributed by atoms with Gasteiger partial charge in [-0.15, -0.1) is 23.2 Å². The van der Waals surface area contributed by atoms with E-state index < -0.39 is 0 Å². The Hall–Kier alpha value is -3.58. The molecule has 0 N–H and O–H groups in total. The van der Waals surface area contributed by atoms with E-state index in [1.807, 2.05) is 24.3 Å². The smallest absolute Gasteiger partial charge is 0.161 e. The second-order valence-corrected chi connectivity index (χ2v) is 7.37. The quantitative estimate of drug-likeness (QED) is 0.202. The Balaban J connectivity index is 2.32. The van der Waals surface area contributed by atoms with Gasteiger partial charge >= 0.3 is 0 Å². The lowest BCUT2D eigenvalue weighted by molar-refractivity contribution is 0.312. The molecule has 0 bridgehead atoms. The fourth-order valence-corrected chi connectivity index (χ4v) is 3.01. The zero-order valence-electron chi connectivity index (χ0n) is 18.9. The second-order valence-electron chi connectivity index (χ2n) is 6.62. The molecule has 176 valence electrons. The molecule has 2 aromatic rings. The number of methoxy groups -OCH3 is 2. The van der Waals surface area contributed by atoms with Gasteiger partial charge in [0.1, 0.15) is 30.9 Å². The highest BCUT2D eigenvalue weighted by atomic mass is 35.5. The van der Waals surface area contributed by atoms with Crippen molar-refractivity contribution < 1.29 is 18.9 Å². The molecule has 0 fully saturated rings. The SMILES string of the molecule is COc1cc(C=CC(C=Cc2ccc(OCCCl)c(OC)c2)=C(C#N)C#N)ccc1OCCCl. The number of nitrogens with zero attached hydrogens (tertiary/aromatic N) is 2. The Kier molecular flexibility index (Phi) is 11.4. The van der Waals surface area contributed by atoms with Crippen molar-refractivity contribution in [3.63, 3.8) is 0 Å². The Morgan fingerprint density at radius 1 is 0.765 bits per heavy atom. The van der Waals surface area contributed by atoms with Crippen LogP contribution in [0.2, 0.25) is 0 Å². The van der Waals surface area contributed by atoms with Gasteiger partial charge < -0.3 is 18.9 Å². The van der Waals surface area contributed by atoms with Crippen LogP contribution in [0, 0.1) is 22.7 Å². The van der Waals surface area contributed by atoms with Crippen LogP contribution in [0.3, 0.4) is 0 Å². The van der Waals surface area contributed by atoms with Crippen molar-refractivity contribution in [3.05, 3.63) is 70.8 Å². The Morgan fingerprint density at radius 2 is 1.21 bits per heavy atom. The Bertz CT molecular complexity index is 1060. The van der Waals surface area contributed by atoms with Crippen molar-refractivity contribution in [1.29, 1.82) is 10.5 Å². The monoisotopic (exact) mass is 498 g/mol. The van der Waals surface area contributed by atoms with Crippen LogP contribution in [0.5, 0.6) is 23.0 Å². The number of allylic oxidation sites excluding steroid dienone is 4. The lowest BCUT2D eigenvalue weighted by atomic mass is 10.1. The van der Waals surface area contributed by atoms with Gasteiger partial charge in [-0.2, -0.15) is 10.5 Å². The van der Waals surface area contributed by atoms with Crippen molar-refractivity contribution in [2.45, 2.75) is 0 Å². The molecule has 0 saturated carbocycles. The number of benzene rings is 2. The van der Waals surface area contributed by atoms with Crippen LogP contribution in [-0.2, 0) is 0 Å². The molecule has 0 aromatic heterocycles. The first-order valence-electron chi connectivity index (χ1n) is 10.2. The molecule has 0 atom stereocenters. The third kappa shape index (κ3) is 7.78. The van der Waals surface area contributed by atoms with Crippen molar-refractivity contribution >= 4 is 35.4 Å². The minimum absolute atomic E-state index is 0.0180. The summed E-state index contributed by atoms with van der Waals surface area (Å²) in [5.41, 5.74) is 2.04. The zero-order valence-corrected chi connectivity index (χ0v) is 20.4. The summed E-state index contributed by atoms with van der Waals surface area (Å²) >= 11 is 11.4. The number of alkyl halides is 2. The molecule has 0 unspecified atom stereocenters. The average molecular weight is 499 g/mol. The molecular formula is C26H24Cl2N2O4. The predicted molar refractivity (Wildman–Crippen MR) is 135 cm³/mol. The van der Waals surface area contributed by atoms with Crippen LogP contribution in [0.1, 0.15) is 11.1 Å². The highest BCUT2D eigenvalue weighted by molar-refractivity contribution is 6.18. The zero-order chi connectivity index (χ0) is 24.8. The molecule has 0 aliphatic rings. The molecule has 6 nitrogen and oxygen atoms in total. The van der Waals surface area contributed by atoms with Crippen LogP contribution in [-0.4, -0.2) is 39.2 Å². The number of nitriles is 2. The minimum atomic E-state index is -0.0180. The number of rotatable bonds is 12. The summed E-state index contributed by atoms with van der Waals surface area (Å²) in [7, 11) is 3.10. The third-order valence-electron chi connectivity index (χ3n) is 4.47. The van der Waals surface area contributed by atoms with Gasteiger partial charge in [0.05, 0.1) is 26.0 Å². The molecule has 34 heavy (non-hydrogen) atoms. The number of hydrogen-bond acceptors (Lipinski definition) is 6. The molecule has 8 heteroatoms. The lowest BCUT2D eigenvalue weighted by Crippen LogP contribution is -2.00. The van der Waals surface area contributed by atoms with Gasteiger partial charge in [0, 0.05) is 5.57 Å². The van der Waals surface area contributed by atoms with E-state index in [0.29, 0.717) is 53.5 Å². The fraction of sp³-hybridized carbons (Fsp3) is 0.231. The first-order valence-corrected chi connectivity index (χ1v) is 11.3. The van der Waals surface area contributed by atoms with Gasteiger partial charge in [-0.25, -0.2) is 0 Å². The van der Waals surface area contributed by atoms with Crippen LogP contribution >= 0.6 is 23.2 Å². The molecule has 0 saturated heterocycles. The number of hydrogen-bond donors (Lipinski definition) is 0. The van der Waals surface area contributed by atoms with E-state index in [2.05, 4.69) is 0 Å². The fourth-order valence-electron chi connectivity index (χ4n) is 2.86. The van der Waals surface area contributed by atoms with Crippen molar-refractivity contribution in [2.75, 3.05) is 39.2 Å². The molecule has 2 rings (SSSR count). The minimum Gasteiger partial charge on any atom is -0.493 e. The van der Waals surface area contributed by atoms with Gasteiger partial charge in [0.15, 0.2) is 23.0 Å². The maximum Gasteiger partial charge on any atom is 0.161 e. The second kappa shape index (κ2) is 14.5. The molecule has 0 spiro atoms. The van der Waals surface area contributed by atoms with Gasteiger partial charge in [-0.3, -0.25) is 0 Å². The predicted octanol–water partition coefficient (Wildman–Crippen LogP) is 6.01. The number of halogens is 2. The number of ether oxygens (including phenoxy) is 4. The molecule has 0 amide bonds. The van der Waals surface area contributed by atoms with E-state index in [9.17, 15) is 10.5 Å². The average Bonchev–Trinajstić information content (AvgIpc) is 2.88. The highest BCUT2D eigenvalue weighted by Gasteiger charge is 2.07. The molecule has 0 radical (unpaired) electrons. The summed E-state index contributed by atoms with van der Waals surface area (Å²) in [4.78, 5) is 0. The first kappa shape index (κ1) is 26.7. The molecule has 0 aliphatic carbocycles. The van der Waals surface area contributed by atoms with Crippen LogP contribution in [0.25, 0.3) is 12.2 Å².